The highest BCUT2D eigenvalue weighted by Crippen LogP contribution is 2.24. The molecule has 4 unspecified atom stereocenters. The Morgan fingerprint density at radius 1 is 1.19 bits per heavy atom. The van der Waals surface area contributed by atoms with Gasteiger partial charge in [-0.1, -0.05) is 19.8 Å². The average molecular weight is 318 g/mol. The molecule has 2 aliphatic rings. The molecule has 5 heteroatoms. The van der Waals surface area contributed by atoms with Gasteiger partial charge in [0.05, 0.1) is 6.04 Å². The lowest BCUT2D eigenvalue weighted by molar-refractivity contribution is -0.127. The number of amides is 1. The molecule has 2 fully saturated rings. The van der Waals surface area contributed by atoms with Gasteiger partial charge in [0.2, 0.25) is 5.91 Å². The molecule has 4 nitrogen and oxygen atoms in total. The Bertz CT molecular complexity index is 327. The molecule has 0 radical (unpaired) electrons. The molecule has 1 saturated heterocycles. The minimum Gasteiger partial charge on any atom is -0.352 e. The fourth-order valence-electron chi connectivity index (χ4n) is 3.59. The van der Waals surface area contributed by atoms with Crippen molar-refractivity contribution < 1.29 is 4.79 Å². The van der Waals surface area contributed by atoms with Crippen LogP contribution in [0.3, 0.4) is 0 Å². The Morgan fingerprint density at radius 3 is 2.57 bits per heavy atom. The smallest absolute Gasteiger partial charge is 0.237 e. The molecular weight excluding hydrogens is 286 g/mol. The van der Waals surface area contributed by atoms with Crippen molar-refractivity contribution in [1.29, 1.82) is 0 Å². The summed E-state index contributed by atoms with van der Waals surface area (Å²) in [6.45, 7) is 6.37. The summed E-state index contributed by atoms with van der Waals surface area (Å²) in [7, 11) is 2.02. The molecule has 1 saturated carbocycles. The maximum Gasteiger partial charge on any atom is 0.237 e. The van der Waals surface area contributed by atoms with Crippen molar-refractivity contribution in [3.8, 4) is 0 Å². The lowest BCUT2D eigenvalue weighted by Crippen LogP contribution is -2.54. The van der Waals surface area contributed by atoms with E-state index in [0.29, 0.717) is 18.0 Å². The maximum absolute atomic E-state index is 12.5. The summed E-state index contributed by atoms with van der Waals surface area (Å²) in [6.07, 6.45) is 7.39. The lowest BCUT2D eigenvalue weighted by atomic mass is 9.86. The first kappa shape index (κ1) is 18.7. The van der Waals surface area contributed by atoms with Gasteiger partial charge in [-0.15, -0.1) is 12.4 Å². The van der Waals surface area contributed by atoms with Crippen LogP contribution in [0.15, 0.2) is 0 Å². The number of nitrogens with one attached hydrogen (secondary N) is 2. The zero-order valence-electron chi connectivity index (χ0n) is 13.7. The molecule has 0 bridgehead atoms. The lowest BCUT2D eigenvalue weighted by Gasteiger charge is -2.37. The highest BCUT2D eigenvalue weighted by atomic mass is 35.5. The van der Waals surface area contributed by atoms with E-state index < -0.39 is 0 Å². The van der Waals surface area contributed by atoms with Crippen molar-refractivity contribution in [3.05, 3.63) is 0 Å². The fraction of sp³-hybridized carbons (Fsp3) is 0.938. The molecule has 0 aromatic heterocycles. The first-order chi connectivity index (χ1) is 9.61. The number of hydrogen-bond acceptors (Lipinski definition) is 3. The molecule has 1 amide bonds. The Hall–Kier alpha value is -0.320. The second-order valence-electron chi connectivity index (χ2n) is 6.68. The third kappa shape index (κ3) is 5.11. The number of hydrogen-bond donors (Lipinski definition) is 2. The summed E-state index contributed by atoms with van der Waals surface area (Å²) in [5, 5.41) is 6.64. The third-order valence-corrected chi connectivity index (χ3v) is 5.23. The molecule has 1 aliphatic carbocycles. The summed E-state index contributed by atoms with van der Waals surface area (Å²) >= 11 is 0. The molecular formula is C16H32ClN3O. The zero-order chi connectivity index (χ0) is 14.5. The van der Waals surface area contributed by atoms with Crippen LogP contribution >= 0.6 is 12.4 Å². The summed E-state index contributed by atoms with van der Waals surface area (Å²) < 4.78 is 0. The number of halogens is 1. The van der Waals surface area contributed by atoms with E-state index in [9.17, 15) is 4.79 Å². The van der Waals surface area contributed by atoms with Crippen molar-refractivity contribution >= 4 is 18.3 Å². The normalized spacial score (nSPS) is 32.0. The van der Waals surface area contributed by atoms with Gasteiger partial charge in [0.1, 0.15) is 0 Å². The van der Waals surface area contributed by atoms with E-state index in [1.807, 2.05) is 7.05 Å². The molecule has 1 aliphatic heterocycles. The largest absolute Gasteiger partial charge is 0.352 e. The van der Waals surface area contributed by atoms with Gasteiger partial charge in [0.25, 0.3) is 0 Å². The van der Waals surface area contributed by atoms with Crippen LogP contribution in [-0.4, -0.2) is 49.1 Å². The molecule has 21 heavy (non-hydrogen) atoms. The quantitative estimate of drug-likeness (QED) is 0.835. The molecule has 2 rings (SSSR count). The van der Waals surface area contributed by atoms with Crippen molar-refractivity contribution in [2.75, 3.05) is 20.1 Å². The van der Waals surface area contributed by atoms with E-state index in [0.717, 1.165) is 19.5 Å². The van der Waals surface area contributed by atoms with Crippen LogP contribution in [0.1, 0.15) is 52.4 Å². The number of piperidine rings is 1. The van der Waals surface area contributed by atoms with Crippen LogP contribution < -0.4 is 10.6 Å². The topological polar surface area (TPSA) is 44.4 Å². The molecule has 0 aromatic rings. The molecule has 124 valence electrons. The predicted molar refractivity (Wildman–Crippen MR) is 89.9 cm³/mol. The molecule has 2 N–H and O–H groups in total. The van der Waals surface area contributed by atoms with Gasteiger partial charge in [-0.3, -0.25) is 9.69 Å². The number of carbonyl (C=O) groups is 1. The molecule has 0 aromatic carbocycles. The fourth-order valence-corrected chi connectivity index (χ4v) is 3.59. The number of likely N-dealkylation sites (tertiary alicyclic amines) is 1. The van der Waals surface area contributed by atoms with Gasteiger partial charge >= 0.3 is 0 Å². The second-order valence-corrected chi connectivity index (χ2v) is 6.68. The minimum absolute atomic E-state index is 0. The van der Waals surface area contributed by atoms with E-state index in [-0.39, 0.29) is 24.4 Å². The molecule has 0 spiro atoms. The third-order valence-electron chi connectivity index (χ3n) is 5.23. The van der Waals surface area contributed by atoms with Gasteiger partial charge in [0.15, 0.2) is 0 Å². The zero-order valence-corrected chi connectivity index (χ0v) is 14.5. The summed E-state index contributed by atoms with van der Waals surface area (Å²) in [4.78, 5) is 14.8. The highest BCUT2D eigenvalue weighted by Gasteiger charge is 2.29. The number of rotatable bonds is 4. The summed E-state index contributed by atoms with van der Waals surface area (Å²) in [5.74, 6) is 0.854. The van der Waals surface area contributed by atoms with Crippen LogP contribution in [0.25, 0.3) is 0 Å². The van der Waals surface area contributed by atoms with Gasteiger partial charge in [-0.2, -0.15) is 0 Å². The van der Waals surface area contributed by atoms with Crippen molar-refractivity contribution in [2.45, 2.75) is 70.5 Å². The minimum atomic E-state index is 0. The van der Waals surface area contributed by atoms with Crippen molar-refractivity contribution in [3.63, 3.8) is 0 Å². The monoisotopic (exact) mass is 317 g/mol. The van der Waals surface area contributed by atoms with Gasteiger partial charge in [-0.05, 0) is 52.1 Å². The van der Waals surface area contributed by atoms with E-state index in [2.05, 4.69) is 29.4 Å². The van der Waals surface area contributed by atoms with Crippen LogP contribution in [0.2, 0.25) is 0 Å². The van der Waals surface area contributed by atoms with E-state index in [1.165, 1.54) is 32.1 Å². The van der Waals surface area contributed by atoms with Crippen molar-refractivity contribution in [2.24, 2.45) is 5.92 Å². The van der Waals surface area contributed by atoms with Gasteiger partial charge in [0, 0.05) is 18.6 Å². The first-order valence-electron chi connectivity index (χ1n) is 8.33. The molecule has 1 heterocycles. The van der Waals surface area contributed by atoms with Gasteiger partial charge in [-0.25, -0.2) is 0 Å². The second kappa shape index (κ2) is 8.96. The number of nitrogens with zero attached hydrogens (tertiary/aromatic N) is 1. The van der Waals surface area contributed by atoms with Crippen LogP contribution in [-0.2, 0) is 4.79 Å². The van der Waals surface area contributed by atoms with Gasteiger partial charge < -0.3 is 10.6 Å². The van der Waals surface area contributed by atoms with Crippen LogP contribution in [0.5, 0.6) is 0 Å². The highest BCUT2D eigenvalue weighted by molar-refractivity contribution is 5.85. The van der Waals surface area contributed by atoms with E-state index in [4.69, 9.17) is 0 Å². The summed E-state index contributed by atoms with van der Waals surface area (Å²) in [6, 6.07) is 0.927. The van der Waals surface area contributed by atoms with E-state index in [1.54, 1.807) is 0 Å². The Morgan fingerprint density at radius 2 is 1.90 bits per heavy atom. The Balaban J connectivity index is 0.00000220. The summed E-state index contributed by atoms with van der Waals surface area (Å²) in [5.41, 5.74) is 0. The Kier molecular flexibility index (Phi) is 7.99. The van der Waals surface area contributed by atoms with Crippen LogP contribution in [0.4, 0.5) is 0 Å². The van der Waals surface area contributed by atoms with E-state index >= 15 is 0 Å². The number of carbonyl (C=O) groups excluding carboxylic acids is 1. The first-order valence-corrected chi connectivity index (χ1v) is 8.33. The van der Waals surface area contributed by atoms with Crippen LogP contribution in [0, 0.1) is 5.92 Å². The molecule has 4 atom stereocenters. The van der Waals surface area contributed by atoms with Crippen molar-refractivity contribution in [1.82, 2.24) is 15.5 Å². The predicted octanol–water partition coefficient (Wildman–Crippen LogP) is 2.18. The number of likely N-dealkylation sites (N-methyl/N-ethyl adjacent to an activating group) is 1. The standard InChI is InChI=1S/C16H31N3O.ClH/c1-12-7-4-5-9-15(12)18-16(20)13(2)19-10-6-8-14(11-19)17-3;/h12-15,17H,4-11H2,1-3H3,(H,18,20);1H. The SMILES string of the molecule is CNC1CCCN(C(C)C(=O)NC2CCCCC2C)C1.Cl. The maximum atomic E-state index is 12.5. The Labute approximate surface area is 135 Å². The average Bonchev–Trinajstić information content (AvgIpc) is 2.48.